The summed E-state index contributed by atoms with van der Waals surface area (Å²) in [5, 5.41) is 1.20. The van der Waals surface area contributed by atoms with Crippen LogP contribution >= 0.6 is 0 Å². The molecule has 8 rings (SSSR count). The molecule has 2 atom stereocenters. The molecule has 42 heavy (non-hydrogen) atoms. The first-order chi connectivity index (χ1) is 20.8. The van der Waals surface area contributed by atoms with Gasteiger partial charge in [-0.15, -0.1) is 0 Å². The zero-order valence-corrected chi connectivity index (χ0v) is 22.8. The molecule has 0 bridgehead atoms. The summed E-state index contributed by atoms with van der Waals surface area (Å²) in [4.78, 5) is 20.0. The highest BCUT2D eigenvalue weighted by atomic mass is 14.9. The van der Waals surface area contributed by atoms with E-state index in [9.17, 15) is 0 Å². The van der Waals surface area contributed by atoms with Crippen molar-refractivity contribution in [2.45, 2.75) is 5.92 Å². The van der Waals surface area contributed by atoms with E-state index in [0.717, 1.165) is 50.5 Å². The van der Waals surface area contributed by atoms with Crippen LogP contribution < -0.4 is 0 Å². The molecular weight excluding hydrogens is 512 g/mol. The van der Waals surface area contributed by atoms with Gasteiger partial charge in [0, 0.05) is 45.7 Å². The zero-order chi connectivity index (χ0) is 27.9. The van der Waals surface area contributed by atoms with Crippen molar-refractivity contribution in [3.8, 4) is 45.3 Å². The Labute approximate surface area is 244 Å². The summed E-state index contributed by atoms with van der Waals surface area (Å²) in [5.74, 6) is 1.31. The third kappa shape index (κ3) is 4.25. The fraction of sp³-hybridized carbons (Fsp3) is 0.0526. The first-order valence-electron chi connectivity index (χ1n) is 14.2. The number of allylic oxidation sites excluding steroid dienone is 5. The fourth-order valence-electron chi connectivity index (χ4n) is 6.07. The number of para-hydroxylation sites is 1. The molecule has 0 spiro atoms. The van der Waals surface area contributed by atoms with Crippen LogP contribution in [0.5, 0.6) is 0 Å². The smallest absolute Gasteiger partial charge is 0.160 e. The van der Waals surface area contributed by atoms with Crippen molar-refractivity contribution in [1.82, 2.24) is 19.9 Å². The molecule has 3 aromatic heterocycles. The standard InChI is InChI=1S/C38H26N4/c1-3-12-26(13-4-1)33-24-34(42-38(41-33)27-14-5-2-6-15-27)28-21-22-39-35(23-28)37-31-20-19-25-11-7-8-16-29(25)36(31)30-17-9-10-18-32(30)40-37/h1-25,29H. The number of hydrogen-bond donors (Lipinski definition) is 0. The lowest BCUT2D eigenvalue weighted by molar-refractivity contribution is 0.697. The fourth-order valence-corrected chi connectivity index (χ4v) is 6.07. The van der Waals surface area contributed by atoms with Crippen LogP contribution in [0, 0.1) is 5.92 Å². The van der Waals surface area contributed by atoms with Crippen LogP contribution in [0.3, 0.4) is 0 Å². The lowest BCUT2D eigenvalue weighted by atomic mass is 9.75. The topological polar surface area (TPSA) is 51.6 Å². The molecule has 0 amide bonds. The SMILES string of the molecule is C1=CC2C=Cc3c(-c4cc(-c5cc(-c6ccccc6)nc(-c6ccccc6)n5)ccn4)nc4ccccc4c3C2C=C1. The third-order valence-electron chi connectivity index (χ3n) is 8.09. The molecule has 4 heteroatoms. The van der Waals surface area contributed by atoms with Crippen molar-refractivity contribution in [2.24, 2.45) is 5.92 Å². The Morgan fingerprint density at radius 2 is 1.26 bits per heavy atom. The Morgan fingerprint density at radius 1 is 0.548 bits per heavy atom. The van der Waals surface area contributed by atoms with Gasteiger partial charge in [-0.3, -0.25) is 4.98 Å². The van der Waals surface area contributed by atoms with E-state index in [1.165, 1.54) is 10.9 Å². The second kappa shape index (κ2) is 10.2. The van der Waals surface area contributed by atoms with E-state index < -0.39 is 0 Å². The van der Waals surface area contributed by atoms with Crippen molar-refractivity contribution >= 4 is 17.0 Å². The lowest BCUT2D eigenvalue weighted by Crippen LogP contribution is -2.15. The summed E-state index contributed by atoms with van der Waals surface area (Å²) in [7, 11) is 0. The van der Waals surface area contributed by atoms with Gasteiger partial charge in [0.2, 0.25) is 0 Å². The van der Waals surface area contributed by atoms with Gasteiger partial charge in [0.15, 0.2) is 5.82 Å². The number of benzene rings is 3. The largest absolute Gasteiger partial charge is 0.255 e. The van der Waals surface area contributed by atoms with E-state index in [-0.39, 0.29) is 5.92 Å². The van der Waals surface area contributed by atoms with E-state index in [1.807, 2.05) is 60.8 Å². The molecule has 0 saturated heterocycles. The quantitative estimate of drug-likeness (QED) is 0.225. The second-order valence-corrected chi connectivity index (χ2v) is 10.7. The number of rotatable bonds is 4. The van der Waals surface area contributed by atoms with Gasteiger partial charge in [-0.05, 0) is 29.8 Å². The monoisotopic (exact) mass is 538 g/mol. The maximum atomic E-state index is 5.17. The molecule has 3 aromatic carbocycles. The van der Waals surface area contributed by atoms with Crippen LogP contribution in [-0.2, 0) is 0 Å². The number of aromatic nitrogens is 4. The number of hydrogen-bond acceptors (Lipinski definition) is 4. The average Bonchev–Trinajstić information content (AvgIpc) is 3.08. The summed E-state index contributed by atoms with van der Waals surface area (Å²) in [6.45, 7) is 0. The van der Waals surface area contributed by atoms with Crippen molar-refractivity contribution in [1.29, 1.82) is 0 Å². The highest BCUT2D eigenvalue weighted by molar-refractivity contribution is 5.92. The summed E-state index contributed by atoms with van der Waals surface area (Å²) in [5.41, 5.74) is 9.87. The number of fused-ring (bicyclic) bond motifs is 5. The van der Waals surface area contributed by atoms with Gasteiger partial charge in [0.25, 0.3) is 0 Å². The number of pyridine rings is 2. The van der Waals surface area contributed by atoms with Gasteiger partial charge < -0.3 is 0 Å². The molecule has 198 valence electrons. The summed E-state index contributed by atoms with van der Waals surface area (Å²) in [6.07, 6.45) is 15.3. The molecule has 0 fully saturated rings. The Balaban J connectivity index is 1.31. The first kappa shape index (κ1) is 24.3. The minimum atomic E-state index is 0.272. The zero-order valence-electron chi connectivity index (χ0n) is 22.8. The molecule has 0 aliphatic heterocycles. The maximum absolute atomic E-state index is 5.17. The Hall–Kier alpha value is -5.48. The van der Waals surface area contributed by atoms with Crippen molar-refractivity contribution in [3.05, 3.63) is 151 Å². The van der Waals surface area contributed by atoms with Gasteiger partial charge >= 0.3 is 0 Å². The molecule has 0 saturated carbocycles. The summed E-state index contributed by atoms with van der Waals surface area (Å²) < 4.78 is 0. The molecule has 4 nitrogen and oxygen atoms in total. The van der Waals surface area contributed by atoms with E-state index >= 15 is 0 Å². The van der Waals surface area contributed by atoms with Crippen LogP contribution in [0.25, 0.3) is 62.3 Å². The Kier molecular flexibility index (Phi) is 5.89. The van der Waals surface area contributed by atoms with E-state index in [1.54, 1.807) is 0 Å². The minimum Gasteiger partial charge on any atom is -0.255 e. The Bertz CT molecular complexity index is 1980. The van der Waals surface area contributed by atoms with Gasteiger partial charge in [0.05, 0.1) is 28.3 Å². The molecule has 2 aliphatic rings. The van der Waals surface area contributed by atoms with Crippen LogP contribution in [0.1, 0.15) is 17.0 Å². The van der Waals surface area contributed by atoms with Gasteiger partial charge in [0.1, 0.15) is 0 Å². The maximum Gasteiger partial charge on any atom is 0.160 e. The number of nitrogens with zero attached hydrogens (tertiary/aromatic N) is 4. The molecule has 0 radical (unpaired) electrons. The first-order valence-corrected chi connectivity index (χ1v) is 14.2. The summed E-state index contributed by atoms with van der Waals surface area (Å²) >= 11 is 0. The predicted octanol–water partition coefficient (Wildman–Crippen LogP) is 8.94. The van der Waals surface area contributed by atoms with E-state index in [2.05, 4.69) is 85.0 Å². The average molecular weight is 539 g/mol. The molecule has 0 N–H and O–H groups in total. The van der Waals surface area contributed by atoms with Gasteiger partial charge in [-0.2, -0.15) is 0 Å². The second-order valence-electron chi connectivity index (χ2n) is 10.7. The van der Waals surface area contributed by atoms with Crippen LogP contribution in [0.2, 0.25) is 0 Å². The Morgan fingerprint density at radius 3 is 2.10 bits per heavy atom. The highest BCUT2D eigenvalue weighted by Gasteiger charge is 2.29. The van der Waals surface area contributed by atoms with E-state index in [4.69, 9.17) is 19.9 Å². The normalized spacial score (nSPS) is 16.8. The molecular formula is C38H26N4. The van der Waals surface area contributed by atoms with Gasteiger partial charge in [-0.25, -0.2) is 15.0 Å². The van der Waals surface area contributed by atoms with Crippen molar-refractivity contribution in [2.75, 3.05) is 0 Å². The van der Waals surface area contributed by atoms with Gasteiger partial charge in [-0.1, -0.05) is 115 Å². The molecule has 2 aliphatic carbocycles. The van der Waals surface area contributed by atoms with Crippen LogP contribution in [0.15, 0.2) is 140 Å². The highest BCUT2D eigenvalue weighted by Crippen LogP contribution is 2.44. The molecule has 6 aromatic rings. The predicted molar refractivity (Wildman–Crippen MR) is 170 cm³/mol. The molecule has 2 unspecified atom stereocenters. The van der Waals surface area contributed by atoms with Crippen LogP contribution in [-0.4, -0.2) is 19.9 Å². The third-order valence-corrected chi connectivity index (χ3v) is 8.09. The van der Waals surface area contributed by atoms with Crippen LogP contribution in [0.4, 0.5) is 0 Å². The molecule has 3 heterocycles. The lowest BCUT2D eigenvalue weighted by Gasteiger charge is -2.29. The minimum absolute atomic E-state index is 0.272. The summed E-state index contributed by atoms with van der Waals surface area (Å²) in [6, 6.07) is 35.0. The van der Waals surface area contributed by atoms with Crippen molar-refractivity contribution < 1.29 is 0 Å². The van der Waals surface area contributed by atoms with E-state index in [0.29, 0.717) is 11.7 Å². The van der Waals surface area contributed by atoms with Crippen molar-refractivity contribution in [3.63, 3.8) is 0 Å².